The Hall–Kier alpha value is -1.16. The summed E-state index contributed by atoms with van der Waals surface area (Å²) in [6.07, 6.45) is 12.4. The monoisotopic (exact) mass is 279 g/mol. The molecule has 20 heavy (non-hydrogen) atoms. The average molecular weight is 279 g/mol. The molecule has 0 saturated heterocycles. The van der Waals surface area contributed by atoms with E-state index >= 15 is 0 Å². The van der Waals surface area contributed by atoms with Gasteiger partial charge in [0, 0.05) is 13.2 Å². The number of nitrogens with zero attached hydrogens (tertiary/aromatic N) is 2. The van der Waals surface area contributed by atoms with Gasteiger partial charge in [-0.1, -0.05) is 46.0 Å². The van der Waals surface area contributed by atoms with Gasteiger partial charge < -0.3 is 10.1 Å². The van der Waals surface area contributed by atoms with Crippen LogP contribution in [0.25, 0.3) is 0 Å². The van der Waals surface area contributed by atoms with Crippen molar-refractivity contribution in [3.8, 4) is 0 Å². The van der Waals surface area contributed by atoms with Gasteiger partial charge in [-0.05, 0) is 12.8 Å². The minimum atomic E-state index is 0.565. The van der Waals surface area contributed by atoms with Gasteiger partial charge >= 0.3 is 0 Å². The Bertz CT molecular complexity index is 327. The number of unbranched alkanes of at least 4 members (excludes halogenated alkanes) is 5. The van der Waals surface area contributed by atoms with Crippen LogP contribution >= 0.6 is 0 Å². The fourth-order valence-corrected chi connectivity index (χ4v) is 1.93. The molecule has 0 radical (unpaired) electrons. The molecule has 0 saturated carbocycles. The Balaban J connectivity index is 2.04. The number of aromatic nitrogens is 2. The van der Waals surface area contributed by atoms with E-state index in [0.29, 0.717) is 6.61 Å². The van der Waals surface area contributed by atoms with Crippen LogP contribution in [0.3, 0.4) is 0 Å². The van der Waals surface area contributed by atoms with E-state index in [1.807, 2.05) is 0 Å². The first-order valence-electron chi connectivity index (χ1n) is 7.99. The third-order valence-corrected chi connectivity index (χ3v) is 3.15. The molecule has 1 N–H and O–H groups in total. The van der Waals surface area contributed by atoms with E-state index in [1.54, 1.807) is 12.4 Å². The predicted octanol–water partition coefficient (Wildman–Crippen LogP) is 4.18. The van der Waals surface area contributed by atoms with Gasteiger partial charge in [-0.3, -0.25) is 4.98 Å². The molecule has 0 aliphatic rings. The Kier molecular flexibility index (Phi) is 9.84. The Labute approximate surface area is 123 Å². The van der Waals surface area contributed by atoms with E-state index in [4.69, 9.17) is 4.74 Å². The van der Waals surface area contributed by atoms with E-state index in [9.17, 15) is 0 Å². The second-order valence-electron chi connectivity index (χ2n) is 5.14. The Morgan fingerprint density at radius 2 is 1.75 bits per heavy atom. The van der Waals surface area contributed by atoms with E-state index in [2.05, 4.69) is 29.1 Å². The molecule has 0 fully saturated rings. The summed E-state index contributed by atoms with van der Waals surface area (Å²) in [5.41, 5.74) is 0.901. The van der Waals surface area contributed by atoms with Gasteiger partial charge in [0.1, 0.15) is 5.82 Å². The van der Waals surface area contributed by atoms with Gasteiger partial charge in [0.05, 0.1) is 24.7 Å². The van der Waals surface area contributed by atoms with Crippen LogP contribution in [-0.2, 0) is 11.3 Å². The molecule has 0 aliphatic heterocycles. The van der Waals surface area contributed by atoms with Crippen LogP contribution in [0.15, 0.2) is 12.4 Å². The molecule has 0 bridgehead atoms. The predicted molar refractivity (Wildman–Crippen MR) is 83.8 cm³/mol. The molecule has 4 heteroatoms. The van der Waals surface area contributed by atoms with Crippen molar-refractivity contribution in [1.29, 1.82) is 0 Å². The summed E-state index contributed by atoms with van der Waals surface area (Å²) in [5.74, 6) is 0.839. The molecule has 0 unspecified atom stereocenters. The molecule has 4 nitrogen and oxygen atoms in total. The van der Waals surface area contributed by atoms with Gasteiger partial charge in [0.2, 0.25) is 0 Å². The first-order valence-corrected chi connectivity index (χ1v) is 7.99. The highest BCUT2D eigenvalue weighted by Crippen LogP contribution is 2.06. The maximum absolute atomic E-state index is 5.62. The summed E-state index contributed by atoms with van der Waals surface area (Å²) >= 11 is 0. The van der Waals surface area contributed by atoms with Crippen LogP contribution in [0, 0.1) is 0 Å². The fraction of sp³-hybridized carbons (Fsp3) is 0.750. The van der Waals surface area contributed by atoms with E-state index in [0.717, 1.165) is 37.5 Å². The van der Waals surface area contributed by atoms with Crippen LogP contribution in [-0.4, -0.2) is 23.1 Å². The van der Waals surface area contributed by atoms with Crippen LogP contribution < -0.4 is 5.32 Å². The Morgan fingerprint density at radius 3 is 2.45 bits per heavy atom. The minimum Gasteiger partial charge on any atom is -0.375 e. The summed E-state index contributed by atoms with van der Waals surface area (Å²) in [4.78, 5) is 8.65. The highest BCUT2D eigenvalue weighted by atomic mass is 16.5. The minimum absolute atomic E-state index is 0.565. The highest BCUT2D eigenvalue weighted by Gasteiger charge is 1.98. The molecule has 0 amide bonds. The maximum atomic E-state index is 5.62. The van der Waals surface area contributed by atoms with Crippen LogP contribution in [0.4, 0.5) is 5.82 Å². The zero-order valence-electron chi connectivity index (χ0n) is 13.0. The normalized spacial score (nSPS) is 10.7. The van der Waals surface area contributed by atoms with Crippen LogP contribution in [0.1, 0.15) is 64.5 Å². The summed E-state index contributed by atoms with van der Waals surface area (Å²) in [5, 5.41) is 3.21. The molecular formula is C16H29N3O. The van der Waals surface area contributed by atoms with E-state index in [1.165, 1.54) is 32.1 Å². The van der Waals surface area contributed by atoms with Crippen molar-refractivity contribution in [2.75, 3.05) is 18.5 Å². The third-order valence-electron chi connectivity index (χ3n) is 3.15. The van der Waals surface area contributed by atoms with Crippen molar-refractivity contribution in [3.63, 3.8) is 0 Å². The summed E-state index contributed by atoms with van der Waals surface area (Å²) in [6, 6.07) is 0. The number of ether oxygens (including phenoxy) is 1. The van der Waals surface area contributed by atoms with Gasteiger partial charge in [-0.25, -0.2) is 4.98 Å². The lowest BCUT2D eigenvalue weighted by Gasteiger charge is -2.06. The lowest BCUT2D eigenvalue weighted by Crippen LogP contribution is -2.04. The number of anilines is 1. The zero-order valence-corrected chi connectivity index (χ0v) is 13.0. The number of hydrogen-bond acceptors (Lipinski definition) is 4. The second kappa shape index (κ2) is 11.6. The number of hydrogen-bond donors (Lipinski definition) is 1. The lowest BCUT2D eigenvalue weighted by atomic mass is 10.1. The van der Waals surface area contributed by atoms with Crippen molar-refractivity contribution in [2.24, 2.45) is 0 Å². The van der Waals surface area contributed by atoms with E-state index in [-0.39, 0.29) is 0 Å². The van der Waals surface area contributed by atoms with Gasteiger partial charge in [-0.2, -0.15) is 0 Å². The van der Waals surface area contributed by atoms with Crippen molar-refractivity contribution in [3.05, 3.63) is 18.1 Å². The standard InChI is InChI=1S/C16H29N3O/c1-3-5-6-7-8-9-11-20-14-15-12-19-16(13-18-15)17-10-4-2/h12-13H,3-11,14H2,1-2H3,(H,17,19). The SMILES string of the molecule is CCCCCCCCOCc1cnc(NCCC)cn1. The molecule has 0 aromatic carbocycles. The number of rotatable bonds is 12. The average Bonchev–Trinajstić information content (AvgIpc) is 2.49. The summed E-state index contributed by atoms with van der Waals surface area (Å²) in [6.45, 7) is 6.69. The molecule has 114 valence electrons. The van der Waals surface area contributed by atoms with Gasteiger partial charge in [0.25, 0.3) is 0 Å². The fourth-order valence-electron chi connectivity index (χ4n) is 1.93. The molecule has 1 rings (SSSR count). The second-order valence-corrected chi connectivity index (χ2v) is 5.14. The zero-order chi connectivity index (χ0) is 14.5. The quantitative estimate of drug-likeness (QED) is 0.583. The highest BCUT2D eigenvalue weighted by molar-refractivity contribution is 5.30. The topological polar surface area (TPSA) is 47.0 Å². The molecule has 0 spiro atoms. The molecule has 1 aromatic heterocycles. The first-order chi connectivity index (χ1) is 9.86. The smallest absolute Gasteiger partial charge is 0.144 e. The van der Waals surface area contributed by atoms with Gasteiger partial charge in [0.15, 0.2) is 0 Å². The number of nitrogens with one attached hydrogen (secondary N) is 1. The molecule has 0 atom stereocenters. The summed E-state index contributed by atoms with van der Waals surface area (Å²) in [7, 11) is 0. The molecular weight excluding hydrogens is 250 g/mol. The van der Waals surface area contributed by atoms with Crippen LogP contribution in [0.2, 0.25) is 0 Å². The molecule has 0 aliphatic carbocycles. The largest absolute Gasteiger partial charge is 0.375 e. The van der Waals surface area contributed by atoms with Crippen molar-refractivity contribution >= 4 is 5.82 Å². The van der Waals surface area contributed by atoms with E-state index < -0.39 is 0 Å². The van der Waals surface area contributed by atoms with Crippen molar-refractivity contribution in [2.45, 2.75) is 65.4 Å². The Morgan fingerprint density at radius 1 is 0.950 bits per heavy atom. The van der Waals surface area contributed by atoms with Crippen LogP contribution in [0.5, 0.6) is 0 Å². The van der Waals surface area contributed by atoms with Crippen molar-refractivity contribution < 1.29 is 4.74 Å². The molecule has 1 aromatic rings. The maximum Gasteiger partial charge on any atom is 0.144 e. The first kappa shape index (κ1) is 16.9. The van der Waals surface area contributed by atoms with Crippen molar-refractivity contribution in [1.82, 2.24) is 9.97 Å². The lowest BCUT2D eigenvalue weighted by molar-refractivity contribution is 0.114. The van der Waals surface area contributed by atoms with Gasteiger partial charge in [-0.15, -0.1) is 0 Å². The summed E-state index contributed by atoms with van der Waals surface area (Å²) < 4.78 is 5.62. The molecule has 1 heterocycles. The third kappa shape index (κ3) is 8.10.